The number of unbranched alkanes of at least 4 members (excludes halogenated alkanes) is 4. The molecule has 0 amide bonds. The van der Waals surface area contributed by atoms with Gasteiger partial charge in [-0.25, -0.2) is 0 Å². The highest BCUT2D eigenvalue weighted by Crippen LogP contribution is 2.33. The van der Waals surface area contributed by atoms with Gasteiger partial charge < -0.3 is 14.9 Å². The Kier molecular flexibility index (Phi) is 10.6. The van der Waals surface area contributed by atoms with E-state index in [9.17, 15) is 24.6 Å². The lowest BCUT2D eigenvalue weighted by molar-refractivity contribution is -0.140. The average Bonchev–Trinajstić information content (AvgIpc) is 2.92. The molecule has 0 aromatic carbocycles. The number of hydrogen-bond donors (Lipinski definition) is 2. The van der Waals surface area contributed by atoms with E-state index in [0.29, 0.717) is 32.1 Å². The molecule has 1 aliphatic rings. The van der Waals surface area contributed by atoms with Crippen LogP contribution in [0, 0.1) is 11.8 Å². The van der Waals surface area contributed by atoms with E-state index in [0.717, 1.165) is 19.3 Å². The Morgan fingerprint density at radius 1 is 1.18 bits per heavy atom. The van der Waals surface area contributed by atoms with E-state index < -0.39 is 23.5 Å². The monoisotopic (exact) mass is 396 g/mol. The van der Waals surface area contributed by atoms with Crippen LogP contribution in [0.3, 0.4) is 0 Å². The molecule has 0 radical (unpaired) electrons. The Morgan fingerprint density at radius 2 is 1.86 bits per heavy atom. The summed E-state index contributed by atoms with van der Waals surface area (Å²) in [7, 11) is 1.34. The summed E-state index contributed by atoms with van der Waals surface area (Å²) in [6.45, 7) is 3.80. The molecule has 0 unspecified atom stereocenters. The molecular formula is C22H36O6. The van der Waals surface area contributed by atoms with Gasteiger partial charge in [0, 0.05) is 25.2 Å². The second-order valence-electron chi connectivity index (χ2n) is 8.07. The van der Waals surface area contributed by atoms with Crippen molar-refractivity contribution < 1.29 is 29.3 Å². The molecule has 28 heavy (non-hydrogen) atoms. The van der Waals surface area contributed by atoms with Crippen LogP contribution < -0.4 is 0 Å². The standard InChI is InChI=1S/C22H36O6/c1-4-5-9-13-22(2,27)14-12-16-18(24)15-19(25)21(16)17(23)10-7-6-8-11-20(26)28-3/h12,14,16,18,21,24,27H,4-11,13,15H2,1-3H3/b14-12+/t16-,18+,21-,22-/m0/s1. The fourth-order valence-electron chi connectivity index (χ4n) is 3.68. The number of carbonyl (C=O) groups excluding carboxylic acids is 3. The minimum atomic E-state index is -1.01. The van der Waals surface area contributed by atoms with E-state index in [1.807, 2.05) is 0 Å². The van der Waals surface area contributed by atoms with E-state index >= 15 is 0 Å². The van der Waals surface area contributed by atoms with Crippen molar-refractivity contribution >= 4 is 17.5 Å². The number of Topliss-reactive ketones (excluding diaryl/α,β-unsaturated/α-hetero) is 2. The Balaban J connectivity index is 2.60. The van der Waals surface area contributed by atoms with Crippen LogP contribution in [0.2, 0.25) is 0 Å². The molecule has 4 atom stereocenters. The number of aliphatic hydroxyl groups excluding tert-OH is 1. The van der Waals surface area contributed by atoms with Crippen LogP contribution in [-0.2, 0) is 19.1 Å². The van der Waals surface area contributed by atoms with Crippen LogP contribution in [0.1, 0.15) is 78.1 Å². The van der Waals surface area contributed by atoms with Gasteiger partial charge in [-0.1, -0.05) is 44.8 Å². The summed E-state index contributed by atoms with van der Waals surface area (Å²) in [6, 6.07) is 0. The molecule has 0 aromatic heterocycles. The Bertz CT molecular complexity index is 551. The van der Waals surface area contributed by atoms with Crippen LogP contribution in [0.15, 0.2) is 12.2 Å². The van der Waals surface area contributed by atoms with E-state index in [1.54, 1.807) is 19.1 Å². The van der Waals surface area contributed by atoms with Crippen LogP contribution in [-0.4, -0.2) is 46.6 Å². The molecule has 6 nitrogen and oxygen atoms in total. The lowest BCUT2D eigenvalue weighted by atomic mass is 9.86. The number of ether oxygens (including phenoxy) is 1. The summed E-state index contributed by atoms with van der Waals surface area (Å²) in [5.41, 5.74) is -1.01. The van der Waals surface area contributed by atoms with E-state index in [1.165, 1.54) is 7.11 Å². The quantitative estimate of drug-likeness (QED) is 0.215. The first-order valence-electron chi connectivity index (χ1n) is 10.4. The molecule has 0 aliphatic heterocycles. The first-order valence-corrected chi connectivity index (χ1v) is 10.4. The first-order chi connectivity index (χ1) is 13.2. The van der Waals surface area contributed by atoms with E-state index in [2.05, 4.69) is 11.7 Å². The highest BCUT2D eigenvalue weighted by atomic mass is 16.5. The zero-order valence-electron chi connectivity index (χ0n) is 17.5. The number of rotatable bonds is 13. The van der Waals surface area contributed by atoms with Crippen LogP contribution in [0.5, 0.6) is 0 Å². The van der Waals surface area contributed by atoms with Gasteiger partial charge in [0.2, 0.25) is 0 Å². The Morgan fingerprint density at radius 3 is 2.50 bits per heavy atom. The van der Waals surface area contributed by atoms with Crippen molar-refractivity contribution in [3.8, 4) is 0 Å². The molecule has 0 spiro atoms. The Hall–Kier alpha value is -1.53. The molecule has 2 N–H and O–H groups in total. The van der Waals surface area contributed by atoms with Gasteiger partial charge in [-0.2, -0.15) is 0 Å². The summed E-state index contributed by atoms with van der Waals surface area (Å²) >= 11 is 0. The molecule has 1 rings (SSSR count). The SMILES string of the molecule is CCCCC[C@](C)(O)/C=C/[C@@H]1[C@@H](C(=O)CCCCCC(=O)OC)C(=O)C[C@H]1O. The Labute approximate surface area is 168 Å². The normalized spacial score (nSPS) is 24.5. The molecule has 0 saturated heterocycles. The number of esters is 1. The third-order valence-corrected chi connectivity index (χ3v) is 5.43. The number of aliphatic hydroxyl groups is 2. The second kappa shape index (κ2) is 12.1. The molecule has 6 heteroatoms. The van der Waals surface area contributed by atoms with E-state index in [-0.39, 0.29) is 30.4 Å². The predicted octanol–water partition coefficient (Wildman–Crippen LogP) is 3.13. The topological polar surface area (TPSA) is 101 Å². The van der Waals surface area contributed by atoms with Crippen molar-refractivity contribution in [1.82, 2.24) is 0 Å². The summed E-state index contributed by atoms with van der Waals surface area (Å²) < 4.78 is 4.58. The fourth-order valence-corrected chi connectivity index (χ4v) is 3.68. The molecule has 0 bridgehead atoms. The van der Waals surface area contributed by atoms with Gasteiger partial charge in [0.15, 0.2) is 0 Å². The summed E-state index contributed by atoms with van der Waals surface area (Å²) in [6.07, 6.45) is 8.50. The summed E-state index contributed by atoms with van der Waals surface area (Å²) in [4.78, 5) is 35.9. The number of hydrogen-bond acceptors (Lipinski definition) is 6. The highest BCUT2D eigenvalue weighted by molar-refractivity contribution is 6.04. The zero-order chi connectivity index (χ0) is 21.2. The first kappa shape index (κ1) is 24.5. The van der Waals surface area contributed by atoms with Gasteiger partial charge in [-0.15, -0.1) is 0 Å². The lowest BCUT2D eigenvalue weighted by Gasteiger charge is -2.22. The molecule has 1 aliphatic carbocycles. The van der Waals surface area contributed by atoms with Crippen molar-refractivity contribution in [2.45, 2.75) is 89.8 Å². The molecule has 160 valence electrons. The maximum Gasteiger partial charge on any atom is 0.305 e. The van der Waals surface area contributed by atoms with Crippen LogP contribution >= 0.6 is 0 Å². The molecule has 1 fully saturated rings. The molecule has 0 heterocycles. The van der Waals surface area contributed by atoms with Gasteiger partial charge in [-0.05, 0) is 26.2 Å². The molecular weight excluding hydrogens is 360 g/mol. The van der Waals surface area contributed by atoms with Gasteiger partial charge in [0.25, 0.3) is 0 Å². The van der Waals surface area contributed by atoms with Gasteiger partial charge in [0.05, 0.1) is 24.7 Å². The van der Waals surface area contributed by atoms with Crippen LogP contribution in [0.4, 0.5) is 0 Å². The van der Waals surface area contributed by atoms with Crippen molar-refractivity contribution in [3.63, 3.8) is 0 Å². The molecule has 1 saturated carbocycles. The van der Waals surface area contributed by atoms with Gasteiger partial charge in [-0.3, -0.25) is 14.4 Å². The minimum absolute atomic E-state index is 0.0221. The summed E-state index contributed by atoms with van der Waals surface area (Å²) in [5.74, 6) is -2.07. The number of carbonyl (C=O) groups is 3. The largest absolute Gasteiger partial charge is 0.469 e. The lowest BCUT2D eigenvalue weighted by Crippen LogP contribution is -2.28. The molecule has 0 aromatic rings. The average molecular weight is 397 g/mol. The smallest absolute Gasteiger partial charge is 0.305 e. The highest BCUT2D eigenvalue weighted by Gasteiger charge is 2.44. The van der Waals surface area contributed by atoms with Crippen molar-refractivity contribution in [3.05, 3.63) is 12.2 Å². The van der Waals surface area contributed by atoms with Gasteiger partial charge >= 0.3 is 5.97 Å². The van der Waals surface area contributed by atoms with Crippen molar-refractivity contribution in [1.29, 1.82) is 0 Å². The summed E-state index contributed by atoms with van der Waals surface area (Å²) in [5, 5.41) is 20.7. The third kappa shape index (κ3) is 8.23. The van der Waals surface area contributed by atoms with Crippen molar-refractivity contribution in [2.24, 2.45) is 11.8 Å². The van der Waals surface area contributed by atoms with Gasteiger partial charge in [0.1, 0.15) is 11.6 Å². The maximum atomic E-state index is 12.6. The minimum Gasteiger partial charge on any atom is -0.469 e. The van der Waals surface area contributed by atoms with E-state index in [4.69, 9.17) is 0 Å². The van der Waals surface area contributed by atoms with Crippen LogP contribution in [0.25, 0.3) is 0 Å². The fraction of sp³-hybridized carbons (Fsp3) is 0.773. The maximum absolute atomic E-state index is 12.6. The zero-order valence-corrected chi connectivity index (χ0v) is 17.5. The van der Waals surface area contributed by atoms with Crippen molar-refractivity contribution in [2.75, 3.05) is 7.11 Å². The predicted molar refractivity (Wildman–Crippen MR) is 107 cm³/mol. The third-order valence-electron chi connectivity index (χ3n) is 5.43. The second-order valence-corrected chi connectivity index (χ2v) is 8.07. The number of methoxy groups -OCH3 is 1. The number of ketones is 2.